The molecule has 29 heavy (non-hydrogen) atoms. The van der Waals surface area contributed by atoms with Gasteiger partial charge < -0.3 is 4.90 Å². The largest absolute Gasteiger partial charge is 0.338 e. The summed E-state index contributed by atoms with van der Waals surface area (Å²) in [5, 5.41) is 16.1. The molecule has 0 aliphatic carbocycles. The molecule has 0 radical (unpaired) electrons. The molecular formula is C19H15BrClN3O3S2. The Hall–Kier alpha value is -1.81. The molecule has 1 aliphatic rings. The molecule has 1 fully saturated rings. The Bertz CT molecular complexity index is 1080. The number of halogens is 2. The van der Waals surface area contributed by atoms with Crippen molar-refractivity contribution in [2.45, 2.75) is 18.8 Å². The van der Waals surface area contributed by atoms with Crippen LogP contribution in [0.4, 0.5) is 5.69 Å². The highest BCUT2D eigenvalue weighted by Crippen LogP contribution is 2.36. The van der Waals surface area contributed by atoms with Gasteiger partial charge in [-0.2, -0.15) is 0 Å². The van der Waals surface area contributed by atoms with E-state index in [-0.39, 0.29) is 22.5 Å². The van der Waals surface area contributed by atoms with Crippen LogP contribution in [0.15, 0.2) is 39.5 Å². The van der Waals surface area contributed by atoms with Gasteiger partial charge in [0.1, 0.15) is 9.90 Å². The molecule has 6 nitrogen and oxygen atoms in total. The molecule has 3 heterocycles. The summed E-state index contributed by atoms with van der Waals surface area (Å²) in [4.78, 5) is 30.6. The van der Waals surface area contributed by atoms with E-state index < -0.39 is 4.92 Å². The Morgan fingerprint density at radius 1 is 1.28 bits per heavy atom. The highest BCUT2D eigenvalue weighted by molar-refractivity contribution is 9.10. The van der Waals surface area contributed by atoms with Crippen LogP contribution >= 0.6 is 50.2 Å². The highest BCUT2D eigenvalue weighted by Gasteiger charge is 2.28. The first kappa shape index (κ1) is 20.5. The SMILES string of the molecule is O=C(c1sccc1Br)N1CCC(c2nc(-c3ccc(Cl)c([N+](=O)[O-])c3)cs2)CC1. The second kappa shape index (κ2) is 8.51. The van der Waals surface area contributed by atoms with Gasteiger partial charge in [0.25, 0.3) is 11.6 Å². The topological polar surface area (TPSA) is 76.3 Å². The van der Waals surface area contributed by atoms with Crippen LogP contribution in [0.25, 0.3) is 11.3 Å². The van der Waals surface area contributed by atoms with Gasteiger partial charge in [-0.15, -0.1) is 22.7 Å². The molecule has 0 saturated carbocycles. The second-order valence-electron chi connectivity index (χ2n) is 6.66. The number of hydrogen-bond acceptors (Lipinski definition) is 6. The number of nitrogens with zero attached hydrogens (tertiary/aromatic N) is 3. The number of thiazole rings is 1. The van der Waals surface area contributed by atoms with Crippen molar-refractivity contribution in [3.63, 3.8) is 0 Å². The summed E-state index contributed by atoms with van der Waals surface area (Å²) in [6.07, 6.45) is 1.70. The Morgan fingerprint density at radius 3 is 2.69 bits per heavy atom. The summed E-state index contributed by atoms with van der Waals surface area (Å²) >= 11 is 12.3. The lowest BCUT2D eigenvalue weighted by Crippen LogP contribution is -2.37. The van der Waals surface area contributed by atoms with E-state index in [1.165, 1.54) is 23.5 Å². The van der Waals surface area contributed by atoms with Crippen LogP contribution in [0.1, 0.15) is 33.4 Å². The van der Waals surface area contributed by atoms with Crippen LogP contribution in [0, 0.1) is 10.1 Å². The minimum Gasteiger partial charge on any atom is -0.338 e. The van der Waals surface area contributed by atoms with Gasteiger partial charge in [-0.1, -0.05) is 17.7 Å². The van der Waals surface area contributed by atoms with Crippen molar-refractivity contribution >= 4 is 61.8 Å². The third-order valence-corrected chi connectivity index (χ3v) is 8.06. The van der Waals surface area contributed by atoms with E-state index in [4.69, 9.17) is 16.6 Å². The van der Waals surface area contributed by atoms with E-state index >= 15 is 0 Å². The number of likely N-dealkylation sites (tertiary alicyclic amines) is 1. The number of piperidine rings is 1. The minimum atomic E-state index is -0.488. The maximum atomic E-state index is 12.7. The van der Waals surface area contributed by atoms with Gasteiger partial charge in [0.15, 0.2) is 0 Å². The highest BCUT2D eigenvalue weighted by atomic mass is 79.9. The molecule has 3 aromatic rings. The van der Waals surface area contributed by atoms with E-state index in [1.54, 1.807) is 17.4 Å². The van der Waals surface area contributed by atoms with Crippen LogP contribution in [-0.2, 0) is 0 Å². The maximum Gasteiger partial charge on any atom is 0.288 e. The number of nitro groups is 1. The van der Waals surface area contributed by atoms with E-state index in [9.17, 15) is 14.9 Å². The van der Waals surface area contributed by atoms with Crippen molar-refractivity contribution < 1.29 is 9.72 Å². The Morgan fingerprint density at radius 2 is 2.03 bits per heavy atom. The number of carbonyl (C=O) groups excluding carboxylic acids is 1. The van der Waals surface area contributed by atoms with Gasteiger partial charge in [0, 0.05) is 40.5 Å². The molecule has 1 amide bonds. The standard InChI is InChI=1S/C19H15BrClN3O3S2/c20-13-5-8-28-17(13)19(25)23-6-3-11(4-7-23)18-22-15(10-29-18)12-1-2-14(21)16(9-12)24(26)27/h1-2,5,8-11H,3-4,6-7H2. The van der Waals surface area contributed by atoms with Gasteiger partial charge in [0.2, 0.25) is 0 Å². The van der Waals surface area contributed by atoms with Crippen LogP contribution in [0.2, 0.25) is 5.02 Å². The lowest BCUT2D eigenvalue weighted by molar-refractivity contribution is -0.384. The quantitative estimate of drug-likeness (QED) is 0.307. The molecule has 1 aliphatic heterocycles. The summed E-state index contributed by atoms with van der Waals surface area (Å²) in [5.74, 6) is 0.352. The molecule has 2 aromatic heterocycles. The summed E-state index contributed by atoms with van der Waals surface area (Å²) in [5.41, 5.74) is 1.27. The average Bonchev–Trinajstić information content (AvgIpc) is 3.37. The molecule has 10 heteroatoms. The zero-order valence-electron chi connectivity index (χ0n) is 15.0. The van der Waals surface area contributed by atoms with Crippen molar-refractivity contribution in [2.24, 2.45) is 0 Å². The molecule has 0 N–H and O–H groups in total. The Kier molecular flexibility index (Phi) is 6.00. The van der Waals surface area contributed by atoms with Gasteiger partial charge in [0.05, 0.1) is 15.6 Å². The number of amides is 1. The van der Waals surface area contributed by atoms with Gasteiger partial charge in [-0.3, -0.25) is 14.9 Å². The number of hydrogen-bond donors (Lipinski definition) is 0. The summed E-state index contributed by atoms with van der Waals surface area (Å²) in [7, 11) is 0. The third-order valence-electron chi connectivity index (χ3n) is 4.90. The first-order valence-corrected chi connectivity index (χ1v) is 11.8. The number of aromatic nitrogens is 1. The lowest BCUT2D eigenvalue weighted by Gasteiger charge is -2.31. The Labute approximate surface area is 188 Å². The van der Waals surface area contributed by atoms with E-state index in [0.29, 0.717) is 24.3 Å². The minimum absolute atomic E-state index is 0.0682. The fourth-order valence-electron chi connectivity index (χ4n) is 3.34. The fourth-order valence-corrected chi connectivity index (χ4v) is 6.03. The normalized spacial score (nSPS) is 14.9. The number of thiophene rings is 1. The molecule has 4 rings (SSSR count). The summed E-state index contributed by atoms with van der Waals surface area (Å²) in [6.45, 7) is 1.38. The number of benzene rings is 1. The fraction of sp³-hybridized carbons (Fsp3) is 0.263. The third kappa shape index (κ3) is 4.23. The van der Waals surface area contributed by atoms with Crippen LogP contribution < -0.4 is 0 Å². The van der Waals surface area contributed by atoms with E-state index in [0.717, 1.165) is 27.2 Å². The van der Waals surface area contributed by atoms with Gasteiger partial charge in [-0.25, -0.2) is 4.98 Å². The van der Waals surface area contributed by atoms with Crippen LogP contribution in [0.5, 0.6) is 0 Å². The molecule has 150 valence electrons. The number of rotatable bonds is 4. The molecule has 1 aromatic carbocycles. The van der Waals surface area contributed by atoms with Crippen molar-refractivity contribution in [1.29, 1.82) is 0 Å². The zero-order chi connectivity index (χ0) is 20.5. The van der Waals surface area contributed by atoms with E-state index in [1.807, 2.05) is 21.7 Å². The molecule has 0 spiro atoms. The second-order valence-corrected chi connectivity index (χ2v) is 9.73. The Balaban J connectivity index is 1.45. The number of carbonyl (C=O) groups is 1. The summed E-state index contributed by atoms with van der Waals surface area (Å²) < 4.78 is 0.844. The van der Waals surface area contributed by atoms with Crippen LogP contribution in [0.3, 0.4) is 0 Å². The van der Waals surface area contributed by atoms with Gasteiger partial charge in [-0.05, 0) is 46.3 Å². The first-order valence-electron chi connectivity index (χ1n) is 8.86. The maximum absolute atomic E-state index is 12.7. The van der Waals surface area contributed by atoms with E-state index in [2.05, 4.69) is 15.9 Å². The predicted octanol–water partition coefficient (Wildman–Crippen LogP) is 6.22. The van der Waals surface area contributed by atoms with Gasteiger partial charge >= 0.3 is 0 Å². The first-order chi connectivity index (χ1) is 13.9. The monoisotopic (exact) mass is 511 g/mol. The van der Waals surface area contributed by atoms with Crippen molar-refractivity contribution in [3.8, 4) is 11.3 Å². The average molecular weight is 513 g/mol. The van der Waals surface area contributed by atoms with Crippen molar-refractivity contribution in [1.82, 2.24) is 9.88 Å². The van der Waals surface area contributed by atoms with Crippen molar-refractivity contribution in [2.75, 3.05) is 13.1 Å². The zero-order valence-corrected chi connectivity index (χ0v) is 19.0. The predicted molar refractivity (Wildman–Crippen MR) is 119 cm³/mol. The molecular weight excluding hydrogens is 498 g/mol. The molecule has 1 saturated heterocycles. The smallest absolute Gasteiger partial charge is 0.288 e. The summed E-state index contributed by atoms with van der Waals surface area (Å²) in [6, 6.07) is 6.62. The van der Waals surface area contributed by atoms with Crippen LogP contribution in [-0.4, -0.2) is 33.8 Å². The molecule has 0 bridgehead atoms. The molecule has 0 atom stereocenters. The molecule has 0 unspecified atom stereocenters. The number of nitro benzene ring substituents is 1. The van der Waals surface area contributed by atoms with Crippen molar-refractivity contribution in [3.05, 3.63) is 64.5 Å². The lowest BCUT2D eigenvalue weighted by atomic mass is 9.97.